The van der Waals surface area contributed by atoms with Crippen molar-refractivity contribution in [3.63, 3.8) is 0 Å². The van der Waals surface area contributed by atoms with Gasteiger partial charge in [-0.3, -0.25) is 4.79 Å². The molecule has 1 aromatic carbocycles. The number of carbonyl (C=O) groups excluding carboxylic acids is 1. The lowest BCUT2D eigenvalue weighted by molar-refractivity contribution is -0.123. The zero-order valence-electron chi connectivity index (χ0n) is 9.92. The highest BCUT2D eigenvalue weighted by Crippen LogP contribution is 2.26. The first-order chi connectivity index (χ1) is 8.08. The maximum Gasteiger partial charge on any atom is 0.245 e. The number of benzene rings is 1. The number of ether oxygens (including phenoxy) is 1. The average Bonchev–Trinajstić information content (AvgIpc) is 2.32. The molecule has 0 aliphatic heterocycles. The van der Waals surface area contributed by atoms with Crippen molar-refractivity contribution in [2.45, 2.75) is 13.3 Å². The number of carbonyl (C=O) groups is 1. The number of aliphatic hydroxyl groups excluding tert-OH is 1. The minimum Gasteiger partial charge on any atom is -0.496 e. The van der Waals surface area contributed by atoms with Crippen LogP contribution in [-0.4, -0.2) is 31.3 Å². The Morgan fingerprint density at radius 1 is 1.53 bits per heavy atom. The summed E-state index contributed by atoms with van der Waals surface area (Å²) >= 11 is 6.03. The first-order valence-electron chi connectivity index (χ1n) is 5.29. The Morgan fingerprint density at radius 3 is 2.82 bits per heavy atom. The first-order valence-corrected chi connectivity index (χ1v) is 5.67. The van der Waals surface area contributed by atoms with Gasteiger partial charge in [0.05, 0.1) is 7.11 Å². The number of hydrogen-bond acceptors (Lipinski definition) is 3. The third kappa shape index (κ3) is 3.91. The van der Waals surface area contributed by atoms with Crippen molar-refractivity contribution in [1.29, 1.82) is 0 Å². The molecule has 1 amide bonds. The van der Waals surface area contributed by atoms with Gasteiger partial charge in [0.1, 0.15) is 12.4 Å². The molecule has 0 heterocycles. The zero-order valence-corrected chi connectivity index (χ0v) is 10.7. The highest BCUT2D eigenvalue weighted by molar-refractivity contribution is 6.31. The minimum absolute atomic E-state index is 0.387. The van der Waals surface area contributed by atoms with Gasteiger partial charge in [-0.25, -0.2) is 0 Å². The fourth-order valence-electron chi connectivity index (χ4n) is 1.47. The number of rotatable bonds is 5. The van der Waals surface area contributed by atoms with Crippen LogP contribution in [0.3, 0.4) is 0 Å². The fraction of sp³-hybridized carbons (Fsp3) is 0.417. The second-order valence-electron chi connectivity index (χ2n) is 3.67. The summed E-state index contributed by atoms with van der Waals surface area (Å²) in [6.45, 7) is 1.85. The predicted molar refractivity (Wildman–Crippen MR) is 66.5 cm³/mol. The third-order valence-corrected chi connectivity index (χ3v) is 2.83. The Labute approximate surface area is 106 Å². The van der Waals surface area contributed by atoms with Gasteiger partial charge in [-0.05, 0) is 36.6 Å². The van der Waals surface area contributed by atoms with Gasteiger partial charge in [0, 0.05) is 11.6 Å². The highest BCUT2D eigenvalue weighted by Gasteiger charge is 2.07. The lowest BCUT2D eigenvalue weighted by atomic mass is 10.1. The van der Waals surface area contributed by atoms with Crippen molar-refractivity contribution in [3.8, 4) is 5.75 Å². The van der Waals surface area contributed by atoms with E-state index in [4.69, 9.17) is 21.4 Å². The summed E-state index contributed by atoms with van der Waals surface area (Å²) in [6.07, 6.45) is 0.606. The van der Waals surface area contributed by atoms with Gasteiger partial charge in [0.2, 0.25) is 5.91 Å². The Morgan fingerprint density at radius 2 is 2.24 bits per heavy atom. The van der Waals surface area contributed by atoms with Crippen molar-refractivity contribution in [1.82, 2.24) is 5.32 Å². The zero-order chi connectivity index (χ0) is 12.8. The number of aryl methyl sites for hydroxylation is 1. The first kappa shape index (κ1) is 13.8. The monoisotopic (exact) mass is 257 g/mol. The summed E-state index contributed by atoms with van der Waals surface area (Å²) in [7, 11) is 1.60. The third-order valence-electron chi connectivity index (χ3n) is 2.42. The number of aliphatic hydroxyl groups is 1. The molecule has 0 fully saturated rings. The molecule has 1 aromatic rings. The Balaban J connectivity index is 2.69. The molecule has 0 aliphatic carbocycles. The van der Waals surface area contributed by atoms with Crippen LogP contribution in [-0.2, 0) is 11.2 Å². The molecule has 0 spiro atoms. The second kappa shape index (κ2) is 6.47. The summed E-state index contributed by atoms with van der Waals surface area (Å²) in [4.78, 5) is 10.9. The van der Waals surface area contributed by atoms with Gasteiger partial charge in [0.15, 0.2) is 0 Å². The summed E-state index contributed by atoms with van der Waals surface area (Å²) in [6, 6.07) is 3.70. The fourth-order valence-corrected chi connectivity index (χ4v) is 1.66. The van der Waals surface area contributed by atoms with Gasteiger partial charge in [-0.2, -0.15) is 0 Å². The van der Waals surface area contributed by atoms with Crippen LogP contribution in [0.2, 0.25) is 5.02 Å². The van der Waals surface area contributed by atoms with E-state index in [1.165, 1.54) is 0 Å². The number of amides is 1. The van der Waals surface area contributed by atoms with E-state index in [9.17, 15) is 4.79 Å². The van der Waals surface area contributed by atoms with Crippen molar-refractivity contribution in [2.75, 3.05) is 20.3 Å². The molecule has 0 atom stereocenters. The van der Waals surface area contributed by atoms with Crippen molar-refractivity contribution in [2.24, 2.45) is 0 Å². The molecule has 0 saturated carbocycles. The molecular formula is C12H16ClNO3. The smallest absolute Gasteiger partial charge is 0.245 e. The average molecular weight is 258 g/mol. The molecule has 1 rings (SSSR count). The maximum atomic E-state index is 10.9. The highest BCUT2D eigenvalue weighted by atomic mass is 35.5. The van der Waals surface area contributed by atoms with Crippen LogP contribution in [0.15, 0.2) is 12.1 Å². The molecule has 4 nitrogen and oxygen atoms in total. The van der Waals surface area contributed by atoms with Gasteiger partial charge < -0.3 is 15.2 Å². The summed E-state index contributed by atoms with van der Waals surface area (Å²) in [5.41, 5.74) is 1.88. The van der Waals surface area contributed by atoms with Gasteiger partial charge in [-0.1, -0.05) is 11.6 Å². The molecule has 5 heteroatoms. The summed E-state index contributed by atoms with van der Waals surface area (Å²) < 4.78 is 5.24. The summed E-state index contributed by atoms with van der Waals surface area (Å²) in [5, 5.41) is 11.8. The number of halogens is 1. The molecule has 0 aliphatic rings. The number of hydrogen-bond donors (Lipinski definition) is 2. The predicted octanol–water partition coefficient (Wildman–Crippen LogP) is 1.31. The molecule has 94 valence electrons. The summed E-state index contributed by atoms with van der Waals surface area (Å²) in [5.74, 6) is 0.368. The van der Waals surface area contributed by atoms with E-state index < -0.39 is 6.61 Å². The second-order valence-corrected chi connectivity index (χ2v) is 4.08. The van der Waals surface area contributed by atoms with Crippen LogP contribution in [0.1, 0.15) is 11.1 Å². The minimum atomic E-state index is -0.494. The molecule has 0 bridgehead atoms. The molecule has 0 unspecified atom stereocenters. The van der Waals surface area contributed by atoms with Gasteiger partial charge >= 0.3 is 0 Å². The molecule has 0 saturated heterocycles. The topological polar surface area (TPSA) is 58.6 Å². The van der Waals surface area contributed by atoms with Crippen molar-refractivity contribution >= 4 is 17.5 Å². The van der Waals surface area contributed by atoms with Crippen LogP contribution in [0.4, 0.5) is 0 Å². The SMILES string of the molecule is COc1cc(C)c(Cl)cc1CCNC(=O)CO. The largest absolute Gasteiger partial charge is 0.496 e. The number of nitrogens with one attached hydrogen (secondary N) is 1. The standard InChI is InChI=1S/C12H16ClNO3/c1-8-5-11(17-2)9(6-10(8)13)3-4-14-12(16)7-15/h5-6,15H,3-4,7H2,1-2H3,(H,14,16). The van der Waals surface area contributed by atoms with E-state index in [0.717, 1.165) is 16.9 Å². The normalized spacial score (nSPS) is 10.1. The molecule has 0 radical (unpaired) electrons. The Bertz CT molecular complexity index is 407. The van der Waals surface area contributed by atoms with Crippen LogP contribution in [0.25, 0.3) is 0 Å². The van der Waals surface area contributed by atoms with Crippen molar-refractivity contribution in [3.05, 3.63) is 28.3 Å². The molecule has 17 heavy (non-hydrogen) atoms. The van der Waals surface area contributed by atoms with E-state index in [0.29, 0.717) is 18.0 Å². The van der Waals surface area contributed by atoms with Crippen LogP contribution < -0.4 is 10.1 Å². The van der Waals surface area contributed by atoms with Crippen LogP contribution >= 0.6 is 11.6 Å². The van der Waals surface area contributed by atoms with Crippen LogP contribution in [0.5, 0.6) is 5.75 Å². The maximum absolute atomic E-state index is 10.9. The number of methoxy groups -OCH3 is 1. The van der Waals surface area contributed by atoms with E-state index in [1.54, 1.807) is 7.11 Å². The van der Waals surface area contributed by atoms with E-state index in [1.807, 2.05) is 19.1 Å². The van der Waals surface area contributed by atoms with Gasteiger partial charge in [0.25, 0.3) is 0 Å². The Hall–Kier alpha value is -1.26. The van der Waals surface area contributed by atoms with Gasteiger partial charge in [-0.15, -0.1) is 0 Å². The van der Waals surface area contributed by atoms with E-state index in [2.05, 4.69) is 5.32 Å². The van der Waals surface area contributed by atoms with E-state index in [-0.39, 0.29) is 5.91 Å². The molecule has 0 aromatic heterocycles. The Kier molecular flexibility index (Phi) is 5.25. The lowest BCUT2D eigenvalue weighted by Gasteiger charge is -2.11. The van der Waals surface area contributed by atoms with E-state index >= 15 is 0 Å². The molecule has 2 N–H and O–H groups in total. The van der Waals surface area contributed by atoms with Crippen LogP contribution in [0, 0.1) is 6.92 Å². The quantitative estimate of drug-likeness (QED) is 0.836. The molecular weight excluding hydrogens is 242 g/mol. The van der Waals surface area contributed by atoms with Crippen molar-refractivity contribution < 1.29 is 14.6 Å². The lowest BCUT2D eigenvalue weighted by Crippen LogP contribution is -2.28.